The standard InChI is InChI=1S/C65H127NO3S/c1-4-7-10-13-16-19-22-25-28-31-34-37-40-43-46-49-52-55-58-61-66(64-65-70(67,68)69,62-59-56-53-50-47-44-41-38-35-32-29-26-23-20-17-14-11-8-5-2)63-60-57-54-51-48-45-42-39-36-33-30-27-24-21-18-15-12-9-6-3/h58-63H,4-57,64-65H2,1-3H3/p+1/b61-58+,62-59+,63-60+. The molecule has 0 aliphatic heterocycles. The zero-order valence-electron chi connectivity index (χ0n) is 48.2. The molecule has 0 bridgehead atoms. The second kappa shape index (κ2) is 57.4. The molecule has 0 aliphatic rings. The van der Waals surface area contributed by atoms with Crippen molar-refractivity contribution in [3.05, 3.63) is 36.8 Å². The molecule has 0 fully saturated rings. The van der Waals surface area contributed by atoms with Crippen LogP contribution in [0.25, 0.3) is 0 Å². The van der Waals surface area contributed by atoms with Gasteiger partial charge in [0.15, 0.2) is 0 Å². The summed E-state index contributed by atoms with van der Waals surface area (Å²) in [5.74, 6) is -0.233. The van der Waals surface area contributed by atoms with Gasteiger partial charge < -0.3 is 0 Å². The molecule has 0 amide bonds. The first-order valence-corrected chi connectivity index (χ1v) is 33.9. The van der Waals surface area contributed by atoms with Gasteiger partial charge in [0.25, 0.3) is 10.1 Å². The van der Waals surface area contributed by atoms with E-state index in [4.69, 9.17) is 0 Å². The Bertz CT molecular complexity index is 1080. The number of quaternary nitrogens is 1. The third-order valence-electron chi connectivity index (χ3n) is 15.3. The first kappa shape index (κ1) is 69.1. The maximum Gasteiger partial charge on any atom is 0.270 e. The molecule has 1 N–H and O–H groups in total. The number of unbranched alkanes of at least 4 members (excludes halogenated alkanes) is 51. The molecule has 70 heavy (non-hydrogen) atoms. The van der Waals surface area contributed by atoms with Crippen LogP contribution in [0.1, 0.15) is 367 Å². The number of nitrogens with zero attached hydrogens (tertiary/aromatic N) is 1. The summed E-state index contributed by atoms with van der Waals surface area (Å²) in [6.07, 6.45) is 87.0. The quantitative estimate of drug-likeness (QED) is 0.0375. The Labute approximate surface area is 442 Å². The second-order valence-electron chi connectivity index (χ2n) is 22.5. The van der Waals surface area contributed by atoms with Gasteiger partial charge in [-0.3, -0.25) is 4.55 Å². The van der Waals surface area contributed by atoms with Crippen molar-refractivity contribution in [2.75, 3.05) is 12.3 Å². The van der Waals surface area contributed by atoms with Crippen molar-refractivity contribution < 1.29 is 17.5 Å². The van der Waals surface area contributed by atoms with Gasteiger partial charge in [-0.2, -0.15) is 8.42 Å². The van der Waals surface area contributed by atoms with E-state index in [2.05, 4.69) is 57.6 Å². The fourth-order valence-corrected chi connectivity index (χ4v) is 11.0. The fraction of sp³-hybridized carbons (Fsp3) is 0.908. The molecule has 4 nitrogen and oxygen atoms in total. The molecular formula is C65H128NO3S+. The van der Waals surface area contributed by atoms with Gasteiger partial charge >= 0.3 is 0 Å². The summed E-state index contributed by atoms with van der Waals surface area (Å²) < 4.78 is 34.4. The van der Waals surface area contributed by atoms with Crippen molar-refractivity contribution in [2.45, 2.75) is 367 Å². The Morgan fingerprint density at radius 1 is 0.271 bits per heavy atom. The van der Waals surface area contributed by atoms with Crippen LogP contribution < -0.4 is 0 Å². The van der Waals surface area contributed by atoms with E-state index in [0.29, 0.717) is 11.0 Å². The summed E-state index contributed by atoms with van der Waals surface area (Å²) in [7, 11) is -4.07. The molecule has 416 valence electrons. The molecule has 0 unspecified atom stereocenters. The van der Waals surface area contributed by atoms with Crippen molar-refractivity contribution in [3.63, 3.8) is 0 Å². The summed E-state index contributed by atoms with van der Waals surface area (Å²) in [6.45, 7) is 7.23. The maximum atomic E-state index is 12.1. The van der Waals surface area contributed by atoms with Gasteiger partial charge in [0, 0.05) is 0 Å². The normalized spacial score (nSPS) is 12.6. The lowest BCUT2D eigenvalue weighted by Gasteiger charge is -2.26. The lowest BCUT2D eigenvalue weighted by atomic mass is 10.0. The second-order valence-corrected chi connectivity index (χ2v) is 24.1. The van der Waals surface area contributed by atoms with Crippen LogP contribution in [0.2, 0.25) is 0 Å². The van der Waals surface area contributed by atoms with Gasteiger partial charge in [-0.15, -0.1) is 0 Å². The van der Waals surface area contributed by atoms with Gasteiger partial charge in [0.05, 0.1) is 0 Å². The number of allylic oxidation sites excluding steroid dienone is 3. The predicted molar refractivity (Wildman–Crippen MR) is 315 cm³/mol. The summed E-state index contributed by atoms with van der Waals surface area (Å²) in [4.78, 5) is 0. The number of hydrogen-bond donors (Lipinski definition) is 1. The molecule has 0 spiro atoms. The smallest absolute Gasteiger partial charge is 0.270 e. The lowest BCUT2D eigenvalue weighted by Crippen LogP contribution is -2.35. The van der Waals surface area contributed by atoms with Crippen LogP contribution in [0.15, 0.2) is 36.8 Å². The third kappa shape index (κ3) is 56.4. The number of hydrogen-bond acceptors (Lipinski definition) is 2. The van der Waals surface area contributed by atoms with E-state index in [0.717, 1.165) is 19.3 Å². The SMILES string of the molecule is CCCCCCCCCCCCCCCCCCC/C=C/[N+](/C=C/CCCCCCCCCCCCCCCCCCC)(/C=C/CCCCCCCCCCCCCCCCCCC)CCS(=O)(=O)O. The molecule has 0 rings (SSSR count). The average Bonchev–Trinajstić information content (AvgIpc) is 3.35. The summed E-state index contributed by atoms with van der Waals surface area (Å²) in [5, 5.41) is 0. The molecule has 0 aromatic rings. The predicted octanol–water partition coefficient (Wildman–Crippen LogP) is 23.4. The lowest BCUT2D eigenvalue weighted by molar-refractivity contribution is -0.770. The van der Waals surface area contributed by atoms with Crippen molar-refractivity contribution in [1.82, 2.24) is 0 Å². The van der Waals surface area contributed by atoms with E-state index in [1.165, 1.54) is 327 Å². The minimum Gasteiger partial charge on any atom is -0.285 e. The van der Waals surface area contributed by atoms with E-state index < -0.39 is 10.1 Å². The molecule has 0 aromatic carbocycles. The van der Waals surface area contributed by atoms with E-state index in [1.807, 2.05) is 0 Å². The molecule has 0 saturated carbocycles. The fourth-order valence-electron chi connectivity index (χ4n) is 10.4. The highest BCUT2D eigenvalue weighted by molar-refractivity contribution is 7.85. The Morgan fingerprint density at radius 3 is 0.586 bits per heavy atom. The highest BCUT2D eigenvalue weighted by Gasteiger charge is 2.22. The molecule has 0 heterocycles. The first-order chi connectivity index (χ1) is 34.4. The van der Waals surface area contributed by atoms with Crippen LogP contribution >= 0.6 is 0 Å². The Kier molecular flexibility index (Phi) is 56.6. The minimum atomic E-state index is -4.07. The zero-order chi connectivity index (χ0) is 50.8. The molecule has 5 heteroatoms. The first-order valence-electron chi connectivity index (χ1n) is 32.2. The van der Waals surface area contributed by atoms with Crippen molar-refractivity contribution in [3.8, 4) is 0 Å². The van der Waals surface area contributed by atoms with E-state index >= 15 is 0 Å². The Morgan fingerprint density at radius 2 is 0.429 bits per heavy atom. The summed E-state index contributed by atoms with van der Waals surface area (Å²) in [6, 6.07) is 0. The average molecular weight is 1000 g/mol. The molecule has 0 aliphatic carbocycles. The number of rotatable bonds is 60. The topological polar surface area (TPSA) is 54.4 Å². The monoisotopic (exact) mass is 1000 g/mol. The van der Waals surface area contributed by atoms with Gasteiger partial charge in [0.2, 0.25) is 0 Å². The van der Waals surface area contributed by atoms with Crippen LogP contribution in [-0.2, 0) is 10.1 Å². The molecular weight excluding hydrogens is 875 g/mol. The summed E-state index contributed by atoms with van der Waals surface area (Å²) in [5.41, 5.74) is 0. The molecule has 0 atom stereocenters. The molecule has 0 aromatic heterocycles. The van der Waals surface area contributed by atoms with Gasteiger partial charge in [-0.05, 0) is 56.8 Å². The highest BCUT2D eigenvalue weighted by atomic mass is 32.2. The van der Waals surface area contributed by atoms with E-state index in [-0.39, 0.29) is 5.75 Å². The van der Waals surface area contributed by atoms with E-state index in [9.17, 15) is 13.0 Å². The maximum absolute atomic E-state index is 12.1. The van der Waals surface area contributed by atoms with Crippen LogP contribution in [-0.4, -0.2) is 29.8 Å². The van der Waals surface area contributed by atoms with Crippen LogP contribution in [0.5, 0.6) is 0 Å². The minimum absolute atomic E-state index is 0.233. The van der Waals surface area contributed by atoms with Crippen molar-refractivity contribution >= 4 is 10.1 Å². The molecule has 0 radical (unpaired) electrons. The van der Waals surface area contributed by atoms with E-state index in [1.54, 1.807) is 0 Å². The van der Waals surface area contributed by atoms with Gasteiger partial charge in [-0.25, -0.2) is 4.48 Å². The van der Waals surface area contributed by atoms with Crippen LogP contribution in [0.4, 0.5) is 0 Å². The molecule has 0 saturated heterocycles. The van der Waals surface area contributed by atoms with Crippen molar-refractivity contribution in [1.29, 1.82) is 0 Å². The van der Waals surface area contributed by atoms with Crippen LogP contribution in [0, 0.1) is 0 Å². The Balaban J connectivity index is 4.76. The largest absolute Gasteiger partial charge is 0.285 e. The van der Waals surface area contributed by atoms with Crippen molar-refractivity contribution in [2.24, 2.45) is 0 Å². The highest BCUT2D eigenvalue weighted by Crippen LogP contribution is 2.21. The van der Waals surface area contributed by atoms with Gasteiger partial charge in [-0.1, -0.05) is 329 Å². The summed E-state index contributed by atoms with van der Waals surface area (Å²) >= 11 is 0. The van der Waals surface area contributed by atoms with Gasteiger partial charge in [0.1, 0.15) is 30.9 Å². The Hall–Kier alpha value is -0.910. The third-order valence-corrected chi connectivity index (χ3v) is 16.0. The van der Waals surface area contributed by atoms with Crippen LogP contribution in [0.3, 0.4) is 0 Å². The zero-order valence-corrected chi connectivity index (χ0v) is 49.0.